The van der Waals surface area contributed by atoms with Gasteiger partial charge in [-0.1, -0.05) is 41.9 Å². The van der Waals surface area contributed by atoms with E-state index >= 15 is 0 Å². The first kappa shape index (κ1) is 19.7. The van der Waals surface area contributed by atoms with E-state index in [1.807, 2.05) is 36.5 Å². The van der Waals surface area contributed by atoms with Crippen molar-refractivity contribution in [1.82, 2.24) is 14.5 Å². The molecule has 1 amide bonds. The predicted molar refractivity (Wildman–Crippen MR) is 117 cm³/mol. The first-order valence-corrected chi connectivity index (χ1v) is 10.4. The number of halogens is 1. The van der Waals surface area contributed by atoms with Crippen molar-refractivity contribution in [2.24, 2.45) is 5.92 Å². The third-order valence-corrected chi connectivity index (χ3v) is 5.66. The van der Waals surface area contributed by atoms with Crippen LogP contribution < -0.4 is 5.32 Å². The van der Waals surface area contributed by atoms with Gasteiger partial charge >= 0.3 is 0 Å². The van der Waals surface area contributed by atoms with Crippen LogP contribution in [0.15, 0.2) is 67.0 Å². The Kier molecular flexibility index (Phi) is 6.27. The van der Waals surface area contributed by atoms with E-state index in [0.29, 0.717) is 17.5 Å². The van der Waals surface area contributed by atoms with E-state index in [1.54, 1.807) is 12.1 Å². The van der Waals surface area contributed by atoms with Gasteiger partial charge in [0.2, 0.25) is 5.91 Å². The summed E-state index contributed by atoms with van der Waals surface area (Å²) in [5, 5.41) is 3.60. The Morgan fingerprint density at radius 3 is 2.52 bits per heavy atom. The Morgan fingerprint density at radius 2 is 1.79 bits per heavy atom. The maximum absolute atomic E-state index is 12.3. The summed E-state index contributed by atoms with van der Waals surface area (Å²) < 4.78 is 2.25. The minimum absolute atomic E-state index is 0.0201. The topological polar surface area (TPSA) is 50.2 Å². The quantitative estimate of drug-likeness (QED) is 0.650. The minimum Gasteiger partial charge on any atom is -0.331 e. The molecule has 3 aromatic rings. The number of nitrogens with zero attached hydrogens (tertiary/aromatic N) is 3. The molecule has 1 saturated heterocycles. The van der Waals surface area contributed by atoms with E-state index in [1.165, 1.54) is 0 Å². The summed E-state index contributed by atoms with van der Waals surface area (Å²) in [5.74, 6) is 1.64. The second kappa shape index (κ2) is 9.25. The average molecular weight is 409 g/mol. The number of aromatic nitrogens is 2. The third-order valence-electron chi connectivity index (χ3n) is 5.40. The number of piperidine rings is 1. The van der Waals surface area contributed by atoms with E-state index in [2.05, 4.69) is 38.1 Å². The molecule has 0 atom stereocenters. The van der Waals surface area contributed by atoms with Crippen molar-refractivity contribution in [3.8, 4) is 11.4 Å². The van der Waals surface area contributed by atoms with Crippen LogP contribution in [0, 0.1) is 5.92 Å². The second-order valence-corrected chi connectivity index (χ2v) is 7.98. The normalized spacial score (nSPS) is 15.3. The minimum atomic E-state index is 0.0201. The van der Waals surface area contributed by atoms with Gasteiger partial charge in [0, 0.05) is 35.2 Å². The molecule has 150 valence electrons. The van der Waals surface area contributed by atoms with Gasteiger partial charge in [-0.2, -0.15) is 0 Å². The number of hydrogen-bond acceptors (Lipinski definition) is 3. The van der Waals surface area contributed by atoms with Crippen LogP contribution in [0.1, 0.15) is 12.8 Å². The standard InChI is InChI=1S/C23H25ClN4O/c24-20-6-8-21(9-7-20)26-22(29)17-27-13-10-18(11-14-27)16-28-15-12-25-23(28)19-4-2-1-3-5-19/h1-9,12,15,18H,10-11,13-14,16-17H2,(H,26,29). The van der Waals surface area contributed by atoms with Gasteiger partial charge < -0.3 is 9.88 Å². The largest absolute Gasteiger partial charge is 0.331 e. The van der Waals surface area contributed by atoms with Gasteiger partial charge in [-0.15, -0.1) is 0 Å². The molecule has 0 bridgehead atoms. The number of likely N-dealkylation sites (tertiary alicyclic amines) is 1. The fraction of sp³-hybridized carbons (Fsp3) is 0.304. The lowest BCUT2D eigenvalue weighted by Gasteiger charge is -2.31. The van der Waals surface area contributed by atoms with Crippen molar-refractivity contribution in [2.75, 3.05) is 25.0 Å². The van der Waals surface area contributed by atoms with Crippen molar-refractivity contribution >= 4 is 23.2 Å². The zero-order chi connectivity index (χ0) is 20.1. The Bertz CT molecular complexity index is 931. The van der Waals surface area contributed by atoms with E-state index in [-0.39, 0.29) is 5.91 Å². The van der Waals surface area contributed by atoms with Gasteiger partial charge in [-0.3, -0.25) is 9.69 Å². The number of amides is 1. The monoisotopic (exact) mass is 408 g/mol. The summed E-state index contributed by atoms with van der Waals surface area (Å²) in [5.41, 5.74) is 1.93. The van der Waals surface area contributed by atoms with Crippen LogP contribution in [0.4, 0.5) is 5.69 Å². The number of imidazole rings is 1. The highest BCUT2D eigenvalue weighted by Gasteiger charge is 2.22. The SMILES string of the molecule is O=C(CN1CCC(Cn2ccnc2-c2ccccc2)CC1)Nc1ccc(Cl)cc1. The molecule has 4 rings (SSSR count). The van der Waals surface area contributed by atoms with Crippen LogP contribution in [0.3, 0.4) is 0 Å². The van der Waals surface area contributed by atoms with E-state index in [4.69, 9.17) is 11.6 Å². The number of carbonyl (C=O) groups excluding carboxylic acids is 1. The lowest BCUT2D eigenvalue weighted by Crippen LogP contribution is -2.40. The number of rotatable bonds is 6. The average Bonchev–Trinajstić information content (AvgIpc) is 3.20. The fourth-order valence-electron chi connectivity index (χ4n) is 3.85. The molecule has 6 heteroatoms. The van der Waals surface area contributed by atoms with Crippen LogP contribution in [0.5, 0.6) is 0 Å². The number of hydrogen-bond donors (Lipinski definition) is 1. The Labute approximate surface area is 176 Å². The number of anilines is 1. The smallest absolute Gasteiger partial charge is 0.238 e. The first-order valence-electron chi connectivity index (χ1n) is 10.0. The number of carbonyl (C=O) groups is 1. The zero-order valence-electron chi connectivity index (χ0n) is 16.3. The number of benzene rings is 2. The summed E-state index contributed by atoms with van der Waals surface area (Å²) in [6.07, 6.45) is 6.11. The zero-order valence-corrected chi connectivity index (χ0v) is 17.1. The molecule has 0 aliphatic carbocycles. The van der Waals surface area contributed by atoms with Crippen LogP contribution in [-0.4, -0.2) is 40.0 Å². The molecule has 1 aromatic heterocycles. The Balaban J connectivity index is 1.26. The van der Waals surface area contributed by atoms with E-state index in [9.17, 15) is 4.79 Å². The highest BCUT2D eigenvalue weighted by Crippen LogP contribution is 2.23. The Hall–Kier alpha value is -2.63. The summed E-state index contributed by atoms with van der Waals surface area (Å²) in [6.45, 7) is 3.27. The van der Waals surface area contributed by atoms with Gasteiger partial charge in [-0.05, 0) is 56.1 Å². The molecular formula is C23H25ClN4O. The van der Waals surface area contributed by atoms with Crippen LogP contribution in [0.25, 0.3) is 11.4 Å². The number of nitrogens with one attached hydrogen (secondary N) is 1. The summed E-state index contributed by atoms with van der Waals surface area (Å²) in [7, 11) is 0. The van der Waals surface area contributed by atoms with Crippen LogP contribution >= 0.6 is 11.6 Å². The predicted octanol–water partition coefficient (Wildman–Crippen LogP) is 4.55. The molecule has 2 heterocycles. The summed E-state index contributed by atoms with van der Waals surface area (Å²) in [4.78, 5) is 19.1. The third kappa shape index (κ3) is 5.25. The lowest BCUT2D eigenvalue weighted by molar-refractivity contribution is -0.117. The molecule has 5 nitrogen and oxygen atoms in total. The van der Waals surface area contributed by atoms with E-state index in [0.717, 1.165) is 49.6 Å². The first-order chi connectivity index (χ1) is 14.2. The van der Waals surface area contributed by atoms with Crippen molar-refractivity contribution in [2.45, 2.75) is 19.4 Å². The molecule has 0 unspecified atom stereocenters. The Morgan fingerprint density at radius 1 is 1.07 bits per heavy atom. The van der Waals surface area contributed by atoms with Gasteiger partial charge in [0.15, 0.2) is 0 Å². The molecule has 1 aliphatic heterocycles. The molecule has 29 heavy (non-hydrogen) atoms. The van der Waals surface area contributed by atoms with Crippen molar-refractivity contribution in [3.05, 3.63) is 72.0 Å². The lowest BCUT2D eigenvalue weighted by atomic mass is 9.96. The van der Waals surface area contributed by atoms with Crippen molar-refractivity contribution in [1.29, 1.82) is 0 Å². The second-order valence-electron chi connectivity index (χ2n) is 7.54. The maximum atomic E-state index is 12.3. The molecule has 0 saturated carbocycles. The van der Waals surface area contributed by atoms with Crippen LogP contribution in [0.2, 0.25) is 5.02 Å². The van der Waals surface area contributed by atoms with Crippen LogP contribution in [-0.2, 0) is 11.3 Å². The fourth-order valence-corrected chi connectivity index (χ4v) is 3.97. The molecule has 2 aromatic carbocycles. The molecular weight excluding hydrogens is 384 g/mol. The molecule has 0 radical (unpaired) electrons. The highest BCUT2D eigenvalue weighted by molar-refractivity contribution is 6.30. The van der Waals surface area contributed by atoms with Gasteiger partial charge in [0.05, 0.1) is 6.54 Å². The molecule has 0 spiro atoms. The summed E-state index contributed by atoms with van der Waals surface area (Å²) >= 11 is 5.89. The molecule has 1 aliphatic rings. The molecule has 1 fully saturated rings. The summed E-state index contributed by atoms with van der Waals surface area (Å²) in [6, 6.07) is 17.5. The maximum Gasteiger partial charge on any atom is 0.238 e. The van der Waals surface area contributed by atoms with Gasteiger partial charge in [-0.25, -0.2) is 4.98 Å². The van der Waals surface area contributed by atoms with Gasteiger partial charge in [0.1, 0.15) is 5.82 Å². The van der Waals surface area contributed by atoms with Gasteiger partial charge in [0.25, 0.3) is 0 Å². The van der Waals surface area contributed by atoms with Crippen molar-refractivity contribution in [3.63, 3.8) is 0 Å². The molecule has 1 N–H and O–H groups in total. The highest BCUT2D eigenvalue weighted by atomic mass is 35.5. The van der Waals surface area contributed by atoms with E-state index < -0.39 is 0 Å². The van der Waals surface area contributed by atoms with Crippen molar-refractivity contribution < 1.29 is 4.79 Å².